The van der Waals surface area contributed by atoms with Gasteiger partial charge in [-0.1, -0.05) is 24.1 Å². The van der Waals surface area contributed by atoms with Crippen molar-refractivity contribution in [3.05, 3.63) is 59.7 Å². The van der Waals surface area contributed by atoms with Crippen LogP contribution in [0.25, 0.3) is 0 Å². The van der Waals surface area contributed by atoms with Crippen LogP contribution in [0.2, 0.25) is 0 Å². The van der Waals surface area contributed by atoms with Crippen molar-refractivity contribution in [1.29, 1.82) is 0 Å². The van der Waals surface area contributed by atoms with Gasteiger partial charge in [0.25, 0.3) is 5.91 Å². The van der Waals surface area contributed by atoms with Crippen LogP contribution in [0.4, 0.5) is 5.69 Å². The van der Waals surface area contributed by atoms with Crippen molar-refractivity contribution < 1.29 is 14.3 Å². The number of aryl methyl sites for hydroxylation is 1. The van der Waals surface area contributed by atoms with E-state index in [9.17, 15) is 9.59 Å². The summed E-state index contributed by atoms with van der Waals surface area (Å²) in [5.41, 5.74) is 2.51. The molecule has 0 unspecified atom stereocenters. The molecule has 124 valence electrons. The third-order valence-corrected chi connectivity index (χ3v) is 4.48. The Labute approximate surface area is 142 Å². The van der Waals surface area contributed by atoms with Crippen molar-refractivity contribution in [1.82, 2.24) is 0 Å². The second kappa shape index (κ2) is 6.87. The fourth-order valence-electron chi connectivity index (χ4n) is 2.59. The largest absolute Gasteiger partial charge is 0.426 e. The summed E-state index contributed by atoms with van der Waals surface area (Å²) in [5, 5.41) is 0. The lowest BCUT2D eigenvalue weighted by Crippen LogP contribution is -2.27. The summed E-state index contributed by atoms with van der Waals surface area (Å²) in [6.45, 7) is 1.99. The molecule has 3 rings (SSSR count). The molecule has 2 aromatic carbocycles. The van der Waals surface area contributed by atoms with Crippen LogP contribution in [0.15, 0.2) is 48.5 Å². The van der Waals surface area contributed by atoms with Gasteiger partial charge in [-0.15, -0.1) is 0 Å². The zero-order chi connectivity index (χ0) is 17.1. The number of anilines is 1. The maximum atomic E-state index is 12.5. The highest BCUT2D eigenvalue weighted by Gasteiger charge is 2.27. The lowest BCUT2D eigenvalue weighted by Gasteiger charge is -2.23. The average Bonchev–Trinajstić information content (AvgIpc) is 2.53. The van der Waals surface area contributed by atoms with E-state index in [2.05, 4.69) is 0 Å². The summed E-state index contributed by atoms with van der Waals surface area (Å²) in [5.74, 6) is 0.342. The molecule has 2 aromatic rings. The quantitative estimate of drug-likeness (QED) is 0.631. The van der Waals surface area contributed by atoms with E-state index in [-0.39, 0.29) is 17.8 Å². The molecule has 1 aliphatic rings. The van der Waals surface area contributed by atoms with Gasteiger partial charge in [0.2, 0.25) is 0 Å². The van der Waals surface area contributed by atoms with E-state index in [1.807, 2.05) is 31.2 Å². The first-order valence-corrected chi connectivity index (χ1v) is 8.21. The first-order chi connectivity index (χ1) is 11.5. The van der Waals surface area contributed by atoms with E-state index >= 15 is 0 Å². The fraction of sp³-hybridized carbons (Fsp3) is 0.300. The molecular formula is C20H21NO3. The second-order valence-electron chi connectivity index (χ2n) is 6.27. The summed E-state index contributed by atoms with van der Waals surface area (Å²) < 4.78 is 5.37. The van der Waals surface area contributed by atoms with E-state index in [4.69, 9.17) is 4.74 Å². The number of hydrogen-bond acceptors (Lipinski definition) is 3. The number of rotatable bonds is 4. The van der Waals surface area contributed by atoms with Gasteiger partial charge < -0.3 is 9.64 Å². The SMILES string of the molecule is Cc1ccc(C(=O)N(C)c2ccc(OC(=O)C3CCC3)cc2)cc1. The molecule has 1 saturated carbocycles. The molecule has 4 nitrogen and oxygen atoms in total. The van der Waals surface area contributed by atoms with Gasteiger partial charge in [0, 0.05) is 18.3 Å². The Bertz CT molecular complexity index is 730. The van der Waals surface area contributed by atoms with E-state index in [0.717, 1.165) is 30.5 Å². The van der Waals surface area contributed by atoms with E-state index in [0.29, 0.717) is 11.3 Å². The van der Waals surface area contributed by atoms with Crippen LogP contribution < -0.4 is 9.64 Å². The Morgan fingerprint density at radius 2 is 1.62 bits per heavy atom. The maximum absolute atomic E-state index is 12.5. The molecule has 0 spiro atoms. The molecule has 1 amide bonds. The molecule has 0 N–H and O–H groups in total. The number of ether oxygens (including phenoxy) is 1. The fourth-order valence-corrected chi connectivity index (χ4v) is 2.59. The van der Waals surface area contributed by atoms with Gasteiger partial charge in [0.1, 0.15) is 5.75 Å². The van der Waals surface area contributed by atoms with Crippen LogP contribution in [-0.2, 0) is 4.79 Å². The lowest BCUT2D eigenvalue weighted by molar-refractivity contribution is -0.141. The number of amides is 1. The summed E-state index contributed by atoms with van der Waals surface area (Å²) >= 11 is 0. The van der Waals surface area contributed by atoms with Crippen LogP contribution >= 0.6 is 0 Å². The van der Waals surface area contributed by atoms with Gasteiger partial charge in [0.15, 0.2) is 0 Å². The maximum Gasteiger partial charge on any atom is 0.314 e. The third-order valence-electron chi connectivity index (χ3n) is 4.48. The monoisotopic (exact) mass is 323 g/mol. The van der Waals surface area contributed by atoms with Crippen LogP contribution in [0.3, 0.4) is 0 Å². The third kappa shape index (κ3) is 3.48. The first-order valence-electron chi connectivity index (χ1n) is 8.21. The molecule has 1 fully saturated rings. The number of nitrogens with zero attached hydrogens (tertiary/aromatic N) is 1. The minimum Gasteiger partial charge on any atom is -0.426 e. The number of hydrogen-bond donors (Lipinski definition) is 0. The van der Waals surface area contributed by atoms with E-state index < -0.39 is 0 Å². The van der Waals surface area contributed by atoms with Crippen LogP contribution in [0.1, 0.15) is 35.2 Å². The van der Waals surface area contributed by atoms with Gasteiger partial charge in [-0.05, 0) is 56.2 Å². The van der Waals surface area contributed by atoms with Crippen molar-refractivity contribution in [2.24, 2.45) is 5.92 Å². The highest BCUT2D eigenvalue weighted by Crippen LogP contribution is 2.28. The molecule has 0 aromatic heterocycles. The van der Waals surface area contributed by atoms with Crippen molar-refractivity contribution in [3.8, 4) is 5.75 Å². The van der Waals surface area contributed by atoms with Gasteiger partial charge in [-0.25, -0.2) is 0 Å². The van der Waals surface area contributed by atoms with Crippen molar-refractivity contribution in [2.45, 2.75) is 26.2 Å². The Morgan fingerprint density at radius 1 is 1.00 bits per heavy atom. The standard InChI is InChI=1S/C20H21NO3/c1-14-6-8-15(9-7-14)19(22)21(2)17-10-12-18(13-11-17)24-20(23)16-4-3-5-16/h6-13,16H,3-5H2,1-2H3. The summed E-state index contributed by atoms with van der Waals surface area (Å²) in [4.78, 5) is 25.9. The topological polar surface area (TPSA) is 46.6 Å². The molecule has 1 aliphatic carbocycles. The van der Waals surface area contributed by atoms with Crippen molar-refractivity contribution in [3.63, 3.8) is 0 Å². The van der Waals surface area contributed by atoms with E-state index in [1.165, 1.54) is 0 Å². The molecule has 0 heterocycles. The lowest BCUT2D eigenvalue weighted by atomic mass is 9.86. The molecular weight excluding hydrogens is 302 g/mol. The normalized spacial score (nSPS) is 13.9. The van der Waals surface area contributed by atoms with Crippen LogP contribution in [0.5, 0.6) is 5.75 Å². The molecule has 24 heavy (non-hydrogen) atoms. The van der Waals surface area contributed by atoms with Gasteiger partial charge in [0.05, 0.1) is 5.92 Å². The molecule has 4 heteroatoms. The van der Waals surface area contributed by atoms with Crippen molar-refractivity contribution in [2.75, 3.05) is 11.9 Å². The summed E-state index contributed by atoms with van der Waals surface area (Å²) in [7, 11) is 1.73. The Morgan fingerprint density at radius 3 is 2.17 bits per heavy atom. The predicted octanol–water partition coefficient (Wildman–Crippen LogP) is 3.98. The van der Waals surface area contributed by atoms with E-state index in [1.54, 1.807) is 36.2 Å². The Kier molecular flexibility index (Phi) is 4.65. The average molecular weight is 323 g/mol. The van der Waals surface area contributed by atoms with Crippen molar-refractivity contribution >= 4 is 17.6 Å². The molecule has 0 radical (unpaired) electrons. The highest BCUT2D eigenvalue weighted by atomic mass is 16.5. The van der Waals surface area contributed by atoms with Crippen LogP contribution in [0, 0.1) is 12.8 Å². The second-order valence-corrected chi connectivity index (χ2v) is 6.27. The number of carbonyl (C=O) groups excluding carboxylic acids is 2. The number of benzene rings is 2. The highest BCUT2D eigenvalue weighted by molar-refractivity contribution is 6.05. The Hall–Kier alpha value is -2.62. The first kappa shape index (κ1) is 16.2. The van der Waals surface area contributed by atoms with Crippen LogP contribution in [-0.4, -0.2) is 18.9 Å². The smallest absolute Gasteiger partial charge is 0.314 e. The zero-order valence-corrected chi connectivity index (χ0v) is 14.0. The number of carbonyl (C=O) groups is 2. The van der Waals surface area contributed by atoms with Gasteiger partial charge in [-0.3, -0.25) is 9.59 Å². The Balaban J connectivity index is 1.66. The molecule has 0 aliphatic heterocycles. The number of esters is 1. The van der Waals surface area contributed by atoms with Gasteiger partial charge in [-0.2, -0.15) is 0 Å². The molecule has 0 atom stereocenters. The zero-order valence-electron chi connectivity index (χ0n) is 14.0. The molecule has 0 bridgehead atoms. The summed E-state index contributed by atoms with van der Waals surface area (Å²) in [6.07, 6.45) is 2.94. The predicted molar refractivity (Wildman–Crippen MR) is 93.3 cm³/mol. The van der Waals surface area contributed by atoms with Gasteiger partial charge >= 0.3 is 5.97 Å². The minimum absolute atomic E-state index is 0.0514. The minimum atomic E-state index is -0.155. The summed E-state index contributed by atoms with van der Waals surface area (Å²) in [6, 6.07) is 14.5. The molecule has 0 saturated heterocycles.